The minimum Gasteiger partial charge on any atom is -0.274 e. The van der Waals surface area contributed by atoms with Crippen LogP contribution in [0, 0.1) is 0 Å². The number of hydrogen-bond donors (Lipinski definition) is 0. The first-order valence-electron chi connectivity index (χ1n) is 7.91. The quantitative estimate of drug-likeness (QED) is 0.333. The number of unbranched alkanes of at least 4 members (excludes halogenated alkanes) is 6. The van der Waals surface area contributed by atoms with Crippen molar-refractivity contribution in [2.24, 2.45) is 0 Å². The van der Waals surface area contributed by atoms with Crippen molar-refractivity contribution >= 4 is 11.6 Å². The number of nitrogens with zero attached hydrogens (tertiary/aromatic N) is 2. The van der Waals surface area contributed by atoms with E-state index in [9.17, 15) is 0 Å². The molecule has 0 radical (unpaired) electrons. The lowest BCUT2D eigenvalue weighted by Gasteiger charge is -2.24. The molecule has 0 aromatic heterocycles. The molecule has 2 nitrogen and oxygen atoms in total. The van der Waals surface area contributed by atoms with Gasteiger partial charge in [0, 0.05) is 26.2 Å². The van der Waals surface area contributed by atoms with Gasteiger partial charge in [-0.1, -0.05) is 64.0 Å². The van der Waals surface area contributed by atoms with Crippen molar-refractivity contribution in [1.82, 2.24) is 9.80 Å². The fourth-order valence-electron chi connectivity index (χ4n) is 2.62. The van der Waals surface area contributed by atoms with Gasteiger partial charge in [0.2, 0.25) is 0 Å². The van der Waals surface area contributed by atoms with Crippen LogP contribution in [0.2, 0.25) is 0 Å². The molecule has 0 spiro atoms. The average molecular weight is 275 g/mol. The molecule has 1 saturated heterocycles. The van der Waals surface area contributed by atoms with Crippen molar-refractivity contribution in [3.8, 4) is 0 Å². The van der Waals surface area contributed by atoms with Gasteiger partial charge in [-0.3, -0.25) is 9.80 Å². The summed E-state index contributed by atoms with van der Waals surface area (Å²) in [5, 5.41) is 0. The fourth-order valence-corrected chi connectivity index (χ4v) is 3.01. The Labute approximate surface area is 119 Å². The Bertz CT molecular complexity index is 179. The van der Waals surface area contributed by atoms with E-state index in [-0.39, 0.29) is 5.62 Å². The number of hydrogen-bond acceptors (Lipinski definition) is 2. The number of halogens is 1. The van der Waals surface area contributed by atoms with Gasteiger partial charge in [0.05, 0.1) is 0 Å². The molecule has 0 atom stereocenters. The molecule has 18 heavy (non-hydrogen) atoms. The molecule has 0 aromatic rings. The van der Waals surface area contributed by atoms with Crippen LogP contribution in [0.3, 0.4) is 0 Å². The van der Waals surface area contributed by atoms with E-state index in [0.29, 0.717) is 0 Å². The second kappa shape index (κ2) is 10.1. The molecule has 108 valence electrons. The summed E-state index contributed by atoms with van der Waals surface area (Å²) in [4.78, 5) is 4.88. The van der Waals surface area contributed by atoms with Crippen LogP contribution in [0.4, 0.5) is 0 Å². The molecule has 0 bridgehead atoms. The second-order valence-electron chi connectivity index (χ2n) is 5.50. The highest BCUT2D eigenvalue weighted by Crippen LogP contribution is 2.19. The highest BCUT2D eigenvalue weighted by atomic mass is 35.5. The molecule has 0 N–H and O–H groups in total. The van der Waals surface area contributed by atoms with Crippen LogP contribution in [0.15, 0.2) is 0 Å². The van der Waals surface area contributed by atoms with Crippen LogP contribution in [-0.2, 0) is 0 Å². The van der Waals surface area contributed by atoms with Crippen molar-refractivity contribution in [2.45, 2.75) is 70.8 Å². The van der Waals surface area contributed by atoms with Crippen molar-refractivity contribution in [3.05, 3.63) is 0 Å². The summed E-state index contributed by atoms with van der Waals surface area (Å²) in [5.74, 6) is 0. The zero-order valence-corrected chi connectivity index (χ0v) is 13.1. The minimum absolute atomic E-state index is 0.160. The zero-order valence-electron chi connectivity index (χ0n) is 12.3. The van der Waals surface area contributed by atoms with Crippen molar-refractivity contribution in [1.29, 1.82) is 0 Å². The lowest BCUT2D eigenvalue weighted by Crippen LogP contribution is -2.35. The molecule has 0 unspecified atom stereocenters. The molecule has 1 fully saturated rings. The molecule has 1 heterocycles. The highest BCUT2D eigenvalue weighted by Gasteiger charge is 2.28. The monoisotopic (exact) mass is 274 g/mol. The summed E-state index contributed by atoms with van der Waals surface area (Å²) in [6, 6.07) is 0. The third kappa shape index (κ3) is 5.90. The van der Waals surface area contributed by atoms with E-state index in [1.807, 2.05) is 0 Å². The van der Waals surface area contributed by atoms with Crippen LogP contribution >= 0.6 is 11.6 Å². The summed E-state index contributed by atoms with van der Waals surface area (Å²) < 4.78 is 0. The summed E-state index contributed by atoms with van der Waals surface area (Å²) in [7, 11) is 0. The zero-order chi connectivity index (χ0) is 13.2. The molecular weight excluding hydrogens is 244 g/mol. The van der Waals surface area contributed by atoms with E-state index in [2.05, 4.69) is 23.6 Å². The Morgan fingerprint density at radius 3 is 1.61 bits per heavy atom. The van der Waals surface area contributed by atoms with Gasteiger partial charge in [0.15, 0.2) is 0 Å². The normalized spacial score (nSPS) is 18.8. The van der Waals surface area contributed by atoms with Crippen molar-refractivity contribution in [3.63, 3.8) is 0 Å². The molecule has 0 aromatic carbocycles. The molecule has 3 heteroatoms. The average Bonchev–Trinajstić information content (AvgIpc) is 2.72. The summed E-state index contributed by atoms with van der Waals surface area (Å²) in [6.45, 7) is 9.21. The largest absolute Gasteiger partial charge is 0.274 e. The van der Waals surface area contributed by atoms with E-state index in [4.69, 9.17) is 11.6 Å². The predicted octanol–water partition coefficient (Wildman–Crippen LogP) is 4.29. The van der Waals surface area contributed by atoms with E-state index >= 15 is 0 Å². The van der Waals surface area contributed by atoms with Crippen LogP contribution in [-0.4, -0.2) is 41.6 Å². The second-order valence-corrected chi connectivity index (χ2v) is 5.89. The van der Waals surface area contributed by atoms with Crippen LogP contribution in [0.1, 0.15) is 65.2 Å². The van der Waals surface area contributed by atoms with Gasteiger partial charge in [-0.05, 0) is 12.8 Å². The van der Waals surface area contributed by atoms with Gasteiger partial charge < -0.3 is 0 Å². The van der Waals surface area contributed by atoms with Gasteiger partial charge in [-0.2, -0.15) is 0 Å². The van der Waals surface area contributed by atoms with Crippen molar-refractivity contribution < 1.29 is 0 Å². The Morgan fingerprint density at radius 1 is 0.778 bits per heavy atom. The fraction of sp³-hybridized carbons (Fsp3) is 1.00. The summed E-state index contributed by atoms with van der Waals surface area (Å²) in [6.07, 6.45) is 10.7. The van der Waals surface area contributed by atoms with E-state index in [1.165, 1.54) is 64.5 Å². The third-order valence-corrected chi connectivity index (χ3v) is 4.43. The lowest BCUT2D eigenvalue weighted by molar-refractivity contribution is 0.202. The highest BCUT2D eigenvalue weighted by molar-refractivity contribution is 6.20. The predicted molar refractivity (Wildman–Crippen MR) is 81.1 cm³/mol. The molecule has 0 amide bonds. The topological polar surface area (TPSA) is 6.48 Å². The van der Waals surface area contributed by atoms with E-state index in [0.717, 1.165) is 13.1 Å². The standard InChI is InChI=1S/C15H31ClN2/c1-3-5-7-9-11-17-13-14-18(15(17)16)12-10-8-6-4-2/h15H,3-14H2,1-2H3. The van der Waals surface area contributed by atoms with Gasteiger partial charge in [0.25, 0.3) is 0 Å². The maximum absolute atomic E-state index is 6.52. The van der Waals surface area contributed by atoms with E-state index < -0.39 is 0 Å². The van der Waals surface area contributed by atoms with Gasteiger partial charge in [0.1, 0.15) is 5.62 Å². The first-order valence-corrected chi connectivity index (χ1v) is 8.35. The number of rotatable bonds is 10. The Kier molecular flexibility index (Phi) is 9.08. The van der Waals surface area contributed by atoms with Crippen LogP contribution < -0.4 is 0 Å². The van der Waals surface area contributed by atoms with Crippen molar-refractivity contribution in [2.75, 3.05) is 26.2 Å². The third-order valence-electron chi connectivity index (χ3n) is 3.87. The smallest absolute Gasteiger partial charge is 0.140 e. The molecule has 0 saturated carbocycles. The first kappa shape index (κ1) is 16.3. The maximum atomic E-state index is 6.52. The number of alkyl halides is 1. The maximum Gasteiger partial charge on any atom is 0.140 e. The minimum atomic E-state index is 0.160. The van der Waals surface area contributed by atoms with Gasteiger partial charge in [-0.25, -0.2) is 0 Å². The summed E-state index contributed by atoms with van der Waals surface area (Å²) in [5.41, 5.74) is 0.160. The Morgan fingerprint density at radius 2 is 1.22 bits per heavy atom. The molecule has 1 aliphatic heterocycles. The molecule has 0 aliphatic carbocycles. The van der Waals surface area contributed by atoms with Crippen LogP contribution in [0.25, 0.3) is 0 Å². The van der Waals surface area contributed by atoms with Gasteiger partial charge in [-0.15, -0.1) is 0 Å². The first-order chi connectivity index (χ1) is 8.79. The molecule has 1 rings (SSSR count). The lowest BCUT2D eigenvalue weighted by atomic mass is 10.2. The van der Waals surface area contributed by atoms with Crippen LogP contribution in [0.5, 0.6) is 0 Å². The summed E-state index contributed by atoms with van der Waals surface area (Å²) >= 11 is 6.52. The Hall–Kier alpha value is 0.210. The molecular formula is C15H31ClN2. The SMILES string of the molecule is CCCCCCN1CCN(CCCCCC)C1Cl. The van der Waals surface area contributed by atoms with E-state index in [1.54, 1.807) is 0 Å². The Balaban J connectivity index is 2.10. The molecule has 1 aliphatic rings. The van der Waals surface area contributed by atoms with Gasteiger partial charge >= 0.3 is 0 Å².